The molecule has 0 rings (SSSR count). The van der Waals surface area contributed by atoms with E-state index in [1.807, 2.05) is 0 Å². The van der Waals surface area contributed by atoms with Crippen LogP contribution in [0.1, 0.15) is 29.0 Å². The minimum absolute atomic E-state index is 0. The minimum Gasteiger partial charge on any atom is -1.00 e. The molecule has 0 heterocycles. The first kappa shape index (κ1) is 19.3. The first-order chi connectivity index (χ1) is 8.06. The summed E-state index contributed by atoms with van der Waals surface area (Å²) in [6, 6.07) is 0. The molecule has 0 amide bonds. The number of carboxylic acids is 1. The fourth-order valence-corrected chi connectivity index (χ4v) is 0.922. The Bertz CT molecular complexity index is 309. The molecular weight excluding hydrogens is 252 g/mol. The zero-order valence-corrected chi connectivity index (χ0v) is 11.8. The quantitative estimate of drug-likeness (QED) is 0.230. The van der Waals surface area contributed by atoms with Gasteiger partial charge >= 0.3 is 41.0 Å². The monoisotopic (exact) mass is 270 g/mol. The van der Waals surface area contributed by atoms with E-state index in [9.17, 15) is 14.4 Å². The Morgan fingerprint density at radius 3 is 2.22 bits per heavy atom. The van der Waals surface area contributed by atoms with Crippen LogP contribution < -0.4 is 0 Å². The van der Waals surface area contributed by atoms with Crippen LogP contribution in [0.15, 0.2) is 12.2 Å². The largest absolute Gasteiger partial charge is 2.00 e. The molecule has 0 aliphatic carbocycles. The van der Waals surface area contributed by atoms with Crippen molar-refractivity contribution in [2.45, 2.75) is 26.2 Å². The van der Waals surface area contributed by atoms with Crippen LogP contribution in [0, 0.1) is 0 Å². The molecule has 0 fully saturated rings. The molecule has 0 radical (unpaired) electrons. The Kier molecular flexibility index (Phi) is 13.2. The molecule has 0 spiro atoms. The summed E-state index contributed by atoms with van der Waals surface area (Å²) in [6.45, 7) is 2.09. The van der Waals surface area contributed by atoms with Crippen molar-refractivity contribution in [3.8, 4) is 0 Å². The summed E-state index contributed by atoms with van der Waals surface area (Å²) in [6.07, 6.45) is 3.34. The van der Waals surface area contributed by atoms with Crippen molar-refractivity contribution >= 4 is 41.0 Å². The number of rotatable bonds is 8. The van der Waals surface area contributed by atoms with Crippen LogP contribution in [-0.4, -0.2) is 59.3 Å². The number of hydrogen-bond acceptors (Lipinski definition) is 5. The molecule has 0 saturated carbocycles. The van der Waals surface area contributed by atoms with Gasteiger partial charge in [-0.2, -0.15) is 0 Å². The fraction of sp³-hybridized carbons (Fsp3) is 0.545. The van der Waals surface area contributed by atoms with Crippen molar-refractivity contribution in [2.24, 2.45) is 0 Å². The molecule has 0 aliphatic rings. The van der Waals surface area contributed by atoms with Crippen molar-refractivity contribution in [1.29, 1.82) is 0 Å². The second kappa shape index (κ2) is 12.4. The summed E-state index contributed by atoms with van der Waals surface area (Å²) in [5, 5.41) is 8.27. The molecule has 0 saturated heterocycles. The Morgan fingerprint density at radius 1 is 1.17 bits per heavy atom. The van der Waals surface area contributed by atoms with Gasteiger partial charge in [-0.25, -0.2) is 4.79 Å². The first-order valence-corrected chi connectivity index (χ1v) is 5.23. The van der Waals surface area contributed by atoms with E-state index >= 15 is 0 Å². The molecule has 100 valence electrons. The number of carboxylic acid groups (broad SMARTS) is 1. The summed E-state index contributed by atoms with van der Waals surface area (Å²) in [5.74, 6) is -2.38. The molecular formula is C11H18MgO6. The maximum Gasteiger partial charge on any atom is 2.00 e. The summed E-state index contributed by atoms with van der Waals surface area (Å²) in [5.41, 5.74) is 0. The second-order valence-electron chi connectivity index (χ2n) is 3.17. The number of carbonyl (C=O) groups excluding carboxylic acids is 2. The maximum absolute atomic E-state index is 10.8. The van der Waals surface area contributed by atoms with E-state index < -0.39 is 24.3 Å². The summed E-state index contributed by atoms with van der Waals surface area (Å²) in [7, 11) is 0. The van der Waals surface area contributed by atoms with E-state index in [4.69, 9.17) is 9.84 Å². The fourth-order valence-electron chi connectivity index (χ4n) is 0.922. The molecule has 0 bridgehead atoms. The third-order valence-electron chi connectivity index (χ3n) is 1.64. The molecule has 1 N–H and O–H groups in total. The standard InChI is InChI=1S/C11H16O6.Mg.2H/c1-2-5-10(14)16-6-3-4-7-17-11(15)8-9(12)13;;;/h2,5H,3-4,6-8H2,1H3,(H,12,13);;;/q;+2;2*-1. The molecule has 0 aliphatic heterocycles. The summed E-state index contributed by atoms with van der Waals surface area (Å²) in [4.78, 5) is 31.7. The molecule has 0 aromatic heterocycles. The first-order valence-electron chi connectivity index (χ1n) is 5.23. The zero-order valence-electron chi connectivity index (χ0n) is 12.4. The molecule has 6 nitrogen and oxygen atoms in total. The van der Waals surface area contributed by atoms with Crippen molar-refractivity contribution in [3.05, 3.63) is 12.2 Å². The van der Waals surface area contributed by atoms with Crippen LogP contribution in [0.25, 0.3) is 0 Å². The van der Waals surface area contributed by atoms with Crippen LogP contribution in [0.5, 0.6) is 0 Å². The Hall–Kier alpha value is -1.08. The minimum atomic E-state index is -1.21. The van der Waals surface area contributed by atoms with E-state index in [-0.39, 0.29) is 39.1 Å². The van der Waals surface area contributed by atoms with Crippen LogP contribution in [0.2, 0.25) is 0 Å². The van der Waals surface area contributed by atoms with Crippen molar-refractivity contribution in [3.63, 3.8) is 0 Å². The van der Waals surface area contributed by atoms with Crippen molar-refractivity contribution < 1.29 is 31.8 Å². The van der Waals surface area contributed by atoms with E-state index in [0.29, 0.717) is 12.8 Å². The number of allylic oxidation sites excluding steroid dienone is 1. The Morgan fingerprint density at radius 2 is 1.72 bits per heavy atom. The van der Waals surface area contributed by atoms with Gasteiger partial charge in [0.2, 0.25) is 0 Å². The molecule has 0 unspecified atom stereocenters. The van der Waals surface area contributed by atoms with Crippen LogP contribution >= 0.6 is 0 Å². The Labute approximate surface area is 124 Å². The number of ether oxygens (including phenoxy) is 2. The maximum atomic E-state index is 10.8. The molecule has 0 aromatic carbocycles. The predicted octanol–water partition coefficient (Wildman–Crippen LogP) is 0.748. The summed E-state index contributed by atoms with van der Waals surface area (Å²) >= 11 is 0. The van der Waals surface area contributed by atoms with Gasteiger partial charge in [-0.3, -0.25) is 9.59 Å². The van der Waals surface area contributed by atoms with Gasteiger partial charge in [0.25, 0.3) is 0 Å². The van der Waals surface area contributed by atoms with Gasteiger partial charge in [0.05, 0.1) is 13.2 Å². The van der Waals surface area contributed by atoms with Gasteiger partial charge in [-0.1, -0.05) is 6.08 Å². The normalized spacial score (nSPS) is 9.61. The molecule has 18 heavy (non-hydrogen) atoms. The zero-order chi connectivity index (χ0) is 13.1. The molecule has 0 atom stereocenters. The van der Waals surface area contributed by atoms with Crippen molar-refractivity contribution in [2.75, 3.05) is 13.2 Å². The number of aliphatic carboxylic acids is 1. The van der Waals surface area contributed by atoms with E-state index in [1.165, 1.54) is 6.08 Å². The number of hydrogen-bond donors (Lipinski definition) is 1. The van der Waals surface area contributed by atoms with Gasteiger partial charge in [-0.15, -0.1) is 0 Å². The van der Waals surface area contributed by atoms with E-state index in [1.54, 1.807) is 13.0 Å². The third-order valence-corrected chi connectivity index (χ3v) is 1.64. The van der Waals surface area contributed by atoms with Crippen LogP contribution in [0.4, 0.5) is 0 Å². The average Bonchev–Trinajstić information content (AvgIpc) is 2.22. The summed E-state index contributed by atoms with van der Waals surface area (Å²) < 4.78 is 9.43. The van der Waals surface area contributed by atoms with Crippen LogP contribution in [-0.2, 0) is 23.9 Å². The SMILES string of the molecule is CC=CC(=O)OCCCCOC(=O)CC(=O)O.[H-].[H-].[Mg+2]. The van der Waals surface area contributed by atoms with Gasteiger partial charge in [0.1, 0.15) is 6.42 Å². The third kappa shape index (κ3) is 13.0. The van der Waals surface area contributed by atoms with Gasteiger partial charge in [-0.05, 0) is 19.8 Å². The van der Waals surface area contributed by atoms with Gasteiger partial charge in [0.15, 0.2) is 0 Å². The average molecular weight is 271 g/mol. The van der Waals surface area contributed by atoms with E-state index in [0.717, 1.165) is 0 Å². The smallest absolute Gasteiger partial charge is 1.00 e. The number of carbonyl (C=O) groups is 3. The van der Waals surface area contributed by atoms with Crippen LogP contribution in [0.3, 0.4) is 0 Å². The number of esters is 2. The second-order valence-corrected chi connectivity index (χ2v) is 3.17. The topological polar surface area (TPSA) is 89.9 Å². The number of unbranched alkanes of at least 4 members (excludes halogenated alkanes) is 1. The molecule has 7 heteroatoms. The predicted molar refractivity (Wildman–Crippen MR) is 66.2 cm³/mol. The van der Waals surface area contributed by atoms with Gasteiger partial charge in [0, 0.05) is 6.08 Å². The molecule has 0 aromatic rings. The van der Waals surface area contributed by atoms with Crippen molar-refractivity contribution in [1.82, 2.24) is 0 Å². The van der Waals surface area contributed by atoms with Gasteiger partial charge < -0.3 is 17.4 Å². The van der Waals surface area contributed by atoms with E-state index in [2.05, 4.69) is 4.74 Å². The Balaban J connectivity index is -0.000000427.